The fraction of sp³-hybridized carbons (Fsp3) is 0.211. The van der Waals surface area contributed by atoms with E-state index in [4.69, 9.17) is 10.5 Å². The Morgan fingerprint density at radius 3 is 2.38 bits per heavy atom. The molecule has 2 amide bonds. The summed E-state index contributed by atoms with van der Waals surface area (Å²) in [5.41, 5.74) is 7.23. The lowest BCUT2D eigenvalue weighted by Gasteiger charge is -2.10. The number of ether oxygens (including phenoxy) is 1. The molecule has 0 heterocycles. The first kappa shape index (κ1) is 22.1. The minimum atomic E-state index is -3.90. The number of primary amides is 1. The number of rotatable bonds is 8. The Hall–Kier alpha value is -3.24. The van der Waals surface area contributed by atoms with Gasteiger partial charge in [-0.1, -0.05) is 18.2 Å². The SMILES string of the molecule is Cc1ccc(S(=O)(=O)NCC(=O)OCC(=O)Nc2ccccc2C(N)=O)cc1C. The summed E-state index contributed by atoms with van der Waals surface area (Å²) in [6.45, 7) is 2.33. The summed E-state index contributed by atoms with van der Waals surface area (Å²) < 4.78 is 31.4. The molecular weight excluding hydrogens is 398 g/mol. The van der Waals surface area contributed by atoms with Gasteiger partial charge in [0, 0.05) is 0 Å². The van der Waals surface area contributed by atoms with E-state index in [9.17, 15) is 22.8 Å². The number of sulfonamides is 1. The molecule has 0 unspecified atom stereocenters. The van der Waals surface area contributed by atoms with E-state index in [0.29, 0.717) is 0 Å². The van der Waals surface area contributed by atoms with Gasteiger partial charge in [-0.25, -0.2) is 8.42 Å². The molecule has 0 radical (unpaired) electrons. The molecule has 0 aliphatic carbocycles. The molecule has 10 heteroatoms. The van der Waals surface area contributed by atoms with Gasteiger partial charge in [0.05, 0.1) is 16.1 Å². The number of benzene rings is 2. The molecule has 0 aliphatic rings. The maximum atomic E-state index is 12.2. The van der Waals surface area contributed by atoms with Gasteiger partial charge in [-0.15, -0.1) is 0 Å². The van der Waals surface area contributed by atoms with E-state index in [1.54, 1.807) is 25.1 Å². The Morgan fingerprint density at radius 2 is 1.72 bits per heavy atom. The van der Waals surface area contributed by atoms with Crippen LogP contribution in [0.4, 0.5) is 5.69 Å². The molecule has 0 saturated carbocycles. The summed E-state index contributed by atoms with van der Waals surface area (Å²) >= 11 is 0. The Morgan fingerprint density at radius 1 is 1.03 bits per heavy atom. The normalized spacial score (nSPS) is 11.0. The number of carbonyl (C=O) groups excluding carboxylic acids is 3. The zero-order valence-corrected chi connectivity index (χ0v) is 16.7. The summed E-state index contributed by atoms with van der Waals surface area (Å²) in [6.07, 6.45) is 0. The Kier molecular flexibility index (Phi) is 7.08. The van der Waals surface area contributed by atoms with Crippen LogP contribution in [0.5, 0.6) is 0 Å². The average molecular weight is 419 g/mol. The third-order valence-corrected chi connectivity index (χ3v) is 5.42. The molecule has 9 nitrogen and oxygen atoms in total. The third kappa shape index (κ3) is 6.13. The van der Waals surface area contributed by atoms with Gasteiger partial charge in [-0.2, -0.15) is 4.72 Å². The van der Waals surface area contributed by atoms with Crippen LogP contribution in [0.1, 0.15) is 21.5 Å². The van der Waals surface area contributed by atoms with Crippen molar-refractivity contribution in [2.45, 2.75) is 18.7 Å². The predicted molar refractivity (Wildman–Crippen MR) is 106 cm³/mol. The molecule has 0 fully saturated rings. The van der Waals surface area contributed by atoms with E-state index < -0.39 is 41.0 Å². The molecule has 29 heavy (non-hydrogen) atoms. The van der Waals surface area contributed by atoms with Gasteiger partial charge in [0.1, 0.15) is 6.54 Å². The number of esters is 1. The monoisotopic (exact) mass is 419 g/mol. The van der Waals surface area contributed by atoms with Crippen LogP contribution in [0.15, 0.2) is 47.4 Å². The zero-order valence-electron chi connectivity index (χ0n) is 15.9. The van der Waals surface area contributed by atoms with E-state index in [0.717, 1.165) is 11.1 Å². The summed E-state index contributed by atoms with van der Waals surface area (Å²) in [7, 11) is -3.90. The number of hydrogen-bond donors (Lipinski definition) is 3. The lowest BCUT2D eigenvalue weighted by atomic mass is 10.1. The second-order valence-corrected chi connectivity index (χ2v) is 7.96. The molecule has 2 aromatic carbocycles. The number of nitrogens with two attached hydrogens (primary N) is 1. The van der Waals surface area contributed by atoms with Crippen LogP contribution in [0.3, 0.4) is 0 Å². The van der Waals surface area contributed by atoms with Crippen LogP contribution in [-0.4, -0.2) is 39.4 Å². The van der Waals surface area contributed by atoms with Crippen molar-refractivity contribution in [2.75, 3.05) is 18.5 Å². The quantitative estimate of drug-likeness (QED) is 0.541. The first-order chi connectivity index (χ1) is 13.6. The van der Waals surface area contributed by atoms with Crippen molar-refractivity contribution in [3.05, 3.63) is 59.2 Å². The topological polar surface area (TPSA) is 145 Å². The van der Waals surface area contributed by atoms with Crippen LogP contribution in [0, 0.1) is 13.8 Å². The number of amides is 2. The number of para-hydroxylation sites is 1. The van der Waals surface area contributed by atoms with Crippen LogP contribution >= 0.6 is 0 Å². The van der Waals surface area contributed by atoms with Gasteiger partial charge in [0.2, 0.25) is 10.0 Å². The molecule has 0 aromatic heterocycles. The van der Waals surface area contributed by atoms with Crippen LogP contribution in [0.2, 0.25) is 0 Å². The fourth-order valence-corrected chi connectivity index (χ4v) is 3.36. The van der Waals surface area contributed by atoms with E-state index in [-0.39, 0.29) is 16.1 Å². The second-order valence-electron chi connectivity index (χ2n) is 6.19. The molecule has 0 aliphatic heterocycles. The molecule has 0 spiro atoms. The summed E-state index contributed by atoms with van der Waals surface area (Å²) in [5.74, 6) is -2.36. The van der Waals surface area contributed by atoms with E-state index in [2.05, 4.69) is 10.0 Å². The minimum Gasteiger partial charge on any atom is -0.455 e. The largest absolute Gasteiger partial charge is 0.455 e. The number of nitrogens with one attached hydrogen (secondary N) is 2. The van der Waals surface area contributed by atoms with E-state index >= 15 is 0 Å². The molecule has 0 bridgehead atoms. The molecular formula is C19H21N3O6S. The number of aryl methyl sites for hydroxylation is 2. The van der Waals surface area contributed by atoms with Gasteiger partial charge in [-0.05, 0) is 49.2 Å². The van der Waals surface area contributed by atoms with Crippen molar-refractivity contribution < 1.29 is 27.5 Å². The molecule has 4 N–H and O–H groups in total. The minimum absolute atomic E-state index is 0.0224. The van der Waals surface area contributed by atoms with Crippen LogP contribution in [-0.2, 0) is 24.3 Å². The number of anilines is 1. The molecule has 2 aromatic rings. The summed E-state index contributed by atoms with van der Waals surface area (Å²) in [6, 6.07) is 10.7. The molecule has 2 rings (SSSR count). The number of carbonyl (C=O) groups is 3. The molecule has 0 atom stereocenters. The third-order valence-electron chi connectivity index (χ3n) is 4.03. The van der Waals surface area contributed by atoms with Crippen LogP contribution in [0.25, 0.3) is 0 Å². The highest BCUT2D eigenvalue weighted by molar-refractivity contribution is 7.89. The lowest BCUT2D eigenvalue weighted by Crippen LogP contribution is -2.32. The van der Waals surface area contributed by atoms with Gasteiger partial charge < -0.3 is 15.8 Å². The summed E-state index contributed by atoms with van der Waals surface area (Å²) in [4.78, 5) is 35.0. The fourth-order valence-electron chi connectivity index (χ4n) is 2.31. The smallest absolute Gasteiger partial charge is 0.321 e. The average Bonchev–Trinajstić information content (AvgIpc) is 2.67. The standard InChI is InChI=1S/C19H21N3O6S/c1-12-7-8-14(9-13(12)2)29(26,27)21-10-18(24)28-11-17(23)22-16-6-4-3-5-15(16)19(20)25/h3-9,21H,10-11H2,1-2H3,(H2,20,25)(H,22,23). The highest BCUT2D eigenvalue weighted by atomic mass is 32.2. The Balaban J connectivity index is 1.87. The highest BCUT2D eigenvalue weighted by Gasteiger charge is 2.18. The lowest BCUT2D eigenvalue weighted by molar-refractivity contribution is -0.146. The first-order valence-corrected chi connectivity index (χ1v) is 9.99. The first-order valence-electron chi connectivity index (χ1n) is 8.51. The van der Waals surface area contributed by atoms with Gasteiger partial charge in [-0.3, -0.25) is 14.4 Å². The van der Waals surface area contributed by atoms with Crippen molar-refractivity contribution in [1.82, 2.24) is 4.72 Å². The number of hydrogen-bond acceptors (Lipinski definition) is 6. The molecule has 154 valence electrons. The maximum Gasteiger partial charge on any atom is 0.321 e. The van der Waals surface area contributed by atoms with Gasteiger partial charge in [0.15, 0.2) is 6.61 Å². The van der Waals surface area contributed by atoms with Crippen molar-refractivity contribution in [1.29, 1.82) is 0 Å². The molecule has 0 saturated heterocycles. The van der Waals surface area contributed by atoms with Gasteiger partial charge >= 0.3 is 5.97 Å². The van der Waals surface area contributed by atoms with Crippen molar-refractivity contribution in [3.63, 3.8) is 0 Å². The summed E-state index contributed by atoms with van der Waals surface area (Å²) in [5, 5.41) is 2.40. The zero-order chi connectivity index (χ0) is 21.6. The highest BCUT2D eigenvalue weighted by Crippen LogP contribution is 2.15. The van der Waals surface area contributed by atoms with E-state index in [1.165, 1.54) is 24.3 Å². The Bertz CT molecular complexity index is 1050. The van der Waals surface area contributed by atoms with Crippen molar-refractivity contribution in [2.24, 2.45) is 5.73 Å². The van der Waals surface area contributed by atoms with E-state index in [1.807, 2.05) is 6.92 Å². The Labute approximate surface area is 168 Å². The maximum absolute atomic E-state index is 12.2. The predicted octanol–water partition coefficient (Wildman–Crippen LogP) is 0.863. The second kappa shape index (κ2) is 9.30. The van der Waals surface area contributed by atoms with Crippen molar-refractivity contribution in [3.8, 4) is 0 Å². The van der Waals surface area contributed by atoms with Crippen molar-refractivity contribution >= 4 is 33.5 Å². The van der Waals surface area contributed by atoms with Gasteiger partial charge in [0.25, 0.3) is 11.8 Å². The van der Waals surface area contributed by atoms with Crippen LogP contribution < -0.4 is 15.8 Å².